The molecular formula is C16H24N2O2. The fourth-order valence-electron chi connectivity index (χ4n) is 2.75. The van der Waals surface area contributed by atoms with Crippen molar-refractivity contribution in [1.29, 1.82) is 0 Å². The van der Waals surface area contributed by atoms with Crippen molar-refractivity contribution in [3.63, 3.8) is 0 Å². The summed E-state index contributed by atoms with van der Waals surface area (Å²) >= 11 is 0. The molecule has 0 bridgehead atoms. The second kappa shape index (κ2) is 7.41. The molecular weight excluding hydrogens is 252 g/mol. The van der Waals surface area contributed by atoms with Crippen LogP contribution < -0.4 is 5.32 Å². The molecule has 1 unspecified atom stereocenters. The van der Waals surface area contributed by atoms with Crippen LogP contribution in [0.15, 0.2) is 24.3 Å². The minimum absolute atomic E-state index is 0.356. The first-order valence-corrected chi connectivity index (χ1v) is 7.40. The zero-order valence-corrected chi connectivity index (χ0v) is 12.1. The summed E-state index contributed by atoms with van der Waals surface area (Å²) in [6, 6.07) is 7.13. The molecule has 0 aliphatic carbocycles. The van der Waals surface area contributed by atoms with Crippen LogP contribution in [0.2, 0.25) is 0 Å². The molecule has 2 rings (SSSR count). The average Bonchev–Trinajstić information content (AvgIpc) is 2.92. The van der Waals surface area contributed by atoms with Gasteiger partial charge in [-0.05, 0) is 56.1 Å². The van der Waals surface area contributed by atoms with Crippen molar-refractivity contribution in [3.8, 4) is 0 Å². The fourth-order valence-corrected chi connectivity index (χ4v) is 2.75. The van der Waals surface area contributed by atoms with Gasteiger partial charge in [-0.1, -0.05) is 19.1 Å². The number of carboxylic acids is 1. The monoisotopic (exact) mass is 276 g/mol. The third-order valence-corrected chi connectivity index (χ3v) is 3.76. The summed E-state index contributed by atoms with van der Waals surface area (Å²) in [5.41, 5.74) is 1.38. The van der Waals surface area contributed by atoms with Crippen molar-refractivity contribution < 1.29 is 9.90 Å². The molecule has 1 aromatic carbocycles. The van der Waals surface area contributed by atoms with E-state index in [1.165, 1.54) is 25.9 Å². The van der Waals surface area contributed by atoms with E-state index in [-0.39, 0.29) is 0 Å². The Morgan fingerprint density at radius 1 is 1.40 bits per heavy atom. The molecule has 1 aromatic rings. The molecule has 1 saturated heterocycles. The van der Waals surface area contributed by atoms with E-state index in [0.717, 1.165) is 25.2 Å². The third-order valence-electron chi connectivity index (χ3n) is 3.76. The number of hydrogen-bond acceptors (Lipinski definition) is 3. The molecule has 1 fully saturated rings. The van der Waals surface area contributed by atoms with Crippen LogP contribution in [0.3, 0.4) is 0 Å². The minimum Gasteiger partial charge on any atom is -0.478 e. The van der Waals surface area contributed by atoms with E-state index in [1.54, 1.807) is 18.2 Å². The molecule has 0 spiro atoms. The molecule has 0 amide bonds. The Balaban J connectivity index is 1.72. The van der Waals surface area contributed by atoms with Crippen molar-refractivity contribution in [2.45, 2.75) is 26.3 Å². The standard InChI is InChI=1S/C16H24N2O2/c1-13(12-18-7-2-3-8-18)10-17-11-14-5-4-6-15(9-14)16(19)20/h4-6,9,13,17H,2-3,7-8,10-12H2,1H3,(H,19,20). The zero-order chi connectivity index (χ0) is 14.4. The van der Waals surface area contributed by atoms with Gasteiger partial charge in [0.25, 0.3) is 0 Å². The highest BCUT2D eigenvalue weighted by Crippen LogP contribution is 2.10. The normalized spacial score (nSPS) is 17.2. The van der Waals surface area contributed by atoms with E-state index in [1.807, 2.05) is 6.07 Å². The van der Waals surface area contributed by atoms with Crippen molar-refractivity contribution >= 4 is 5.97 Å². The van der Waals surface area contributed by atoms with Crippen LogP contribution in [-0.4, -0.2) is 42.2 Å². The molecule has 4 nitrogen and oxygen atoms in total. The summed E-state index contributed by atoms with van der Waals surface area (Å²) in [5.74, 6) is -0.245. The van der Waals surface area contributed by atoms with Crippen molar-refractivity contribution in [2.24, 2.45) is 5.92 Å². The van der Waals surface area contributed by atoms with Crippen LogP contribution in [0.1, 0.15) is 35.7 Å². The summed E-state index contributed by atoms with van der Waals surface area (Å²) in [4.78, 5) is 13.4. The number of aromatic carboxylic acids is 1. The lowest BCUT2D eigenvalue weighted by Gasteiger charge is -2.20. The molecule has 1 aliphatic heterocycles. The van der Waals surface area contributed by atoms with Gasteiger partial charge in [0.15, 0.2) is 0 Å². The van der Waals surface area contributed by atoms with Gasteiger partial charge in [0.2, 0.25) is 0 Å². The largest absolute Gasteiger partial charge is 0.478 e. The third kappa shape index (κ3) is 4.62. The number of likely N-dealkylation sites (tertiary alicyclic amines) is 1. The maximum Gasteiger partial charge on any atom is 0.335 e. The number of carbonyl (C=O) groups is 1. The van der Waals surface area contributed by atoms with Gasteiger partial charge in [0, 0.05) is 13.1 Å². The highest BCUT2D eigenvalue weighted by Gasteiger charge is 2.14. The van der Waals surface area contributed by atoms with Gasteiger partial charge in [-0.3, -0.25) is 0 Å². The van der Waals surface area contributed by atoms with Gasteiger partial charge in [0.05, 0.1) is 5.56 Å². The number of benzene rings is 1. The summed E-state index contributed by atoms with van der Waals surface area (Å²) in [5, 5.41) is 12.4. The first-order chi connectivity index (χ1) is 9.65. The summed E-state index contributed by atoms with van der Waals surface area (Å²) in [6.07, 6.45) is 2.67. The van der Waals surface area contributed by atoms with E-state index >= 15 is 0 Å². The minimum atomic E-state index is -0.866. The van der Waals surface area contributed by atoms with E-state index < -0.39 is 5.97 Å². The smallest absolute Gasteiger partial charge is 0.335 e. The first kappa shape index (κ1) is 15.0. The highest BCUT2D eigenvalue weighted by molar-refractivity contribution is 5.87. The molecule has 1 aliphatic rings. The van der Waals surface area contributed by atoms with Gasteiger partial charge in [-0.15, -0.1) is 0 Å². The molecule has 110 valence electrons. The predicted octanol–water partition coefficient (Wildman–Crippen LogP) is 2.21. The second-order valence-electron chi connectivity index (χ2n) is 5.75. The van der Waals surface area contributed by atoms with Crippen molar-refractivity contribution in [2.75, 3.05) is 26.2 Å². The van der Waals surface area contributed by atoms with Gasteiger partial charge in [-0.2, -0.15) is 0 Å². The fraction of sp³-hybridized carbons (Fsp3) is 0.562. The van der Waals surface area contributed by atoms with Gasteiger partial charge >= 0.3 is 5.97 Å². The second-order valence-corrected chi connectivity index (χ2v) is 5.75. The number of hydrogen-bond donors (Lipinski definition) is 2. The highest BCUT2D eigenvalue weighted by atomic mass is 16.4. The average molecular weight is 276 g/mol. The lowest BCUT2D eigenvalue weighted by molar-refractivity contribution is 0.0696. The Labute approximate surface area is 120 Å². The van der Waals surface area contributed by atoms with Crippen LogP contribution in [0.25, 0.3) is 0 Å². The Morgan fingerprint density at radius 3 is 2.85 bits per heavy atom. The van der Waals surface area contributed by atoms with Gasteiger partial charge in [-0.25, -0.2) is 4.79 Å². The molecule has 20 heavy (non-hydrogen) atoms. The van der Waals surface area contributed by atoms with E-state index in [9.17, 15) is 4.79 Å². The van der Waals surface area contributed by atoms with Crippen molar-refractivity contribution in [1.82, 2.24) is 10.2 Å². The Kier molecular flexibility index (Phi) is 5.56. The maximum atomic E-state index is 10.9. The number of nitrogens with zero attached hydrogens (tertiary/aromatic N) is 1. The predicted molar refractivity (Wildman–Crippen MR) is 79.9 cm³/mol. The number of nitrogens with one attached hydrogen (secondary N) is 1. The lowest BCUT2D eigenvalue weighted by atomic mass is 10.1. The molecule has 2 N–H and O–H groups in total. The number of carboxylic acid groups (broad SMARTS) is 1. The topological polar surface area (TPSA) is 52.6 Å². The lowest BCUT2D eigenvalue weighted by Crippen LogP contribution is -2.31. The Bertz CT molecular complexity index is 442. The SMILES string of the molecule is CC(CNCc1cccc(C(=O)O)c1)CN1CCCC1. The maximum absolute atomic E-state index is 10.9. The Hall–Kier alpha value is -1.39. The molecule has 0 saturated carbocycles. The van der Waals surface area contributed by atoms with E-state index in [4.69, 9.17) is 5.11 Å². The van der Waals surface area contributed by atoms with E-state index in [2.05, 4.69) is 17.1 Å². The molecule has 1 atom stereocenters. The summed E-state index contributed by atoms with van der Waals surface area (Å²) in [7, 11) is 0. The van der Waals surface area contributed by atoms with Crippen LogP contribution in [-0.2, 0) is 6.54 Å². The summed E-state index contributed by atoms with van der Waals surface area (Å²) < 4.78 is 0. The molecule has 0 aromatic heterocycles. The van der Waals surface area contributed by atoms with Crippen LogP contribution >= 0.6 is 0 Å². The van der Waals surface area contributed by atoms with Gasteiger partial charge in [0.1, 0.15) is 0 Å². The quantitative estimate of drug-likeness (QED) is 0.801. The van der Waals surface area contributed by atoms with Crippen molar-refractivity contribution in [3.05, 3.63) is 35.4 Å². The van der Waals surface area contributed by atoms with Gasteiger partial charge < -0.3 is 15.3 Å². The van der Waals surface area contributed by atoms with E-state index in [0.29, 0.717) is 11.5 Å². The first-order valence-electron chi connectivity index (χ1n) is 7.40. The molecule has 4 heteroatoms. The van der Waals surface area contributed by atoms with Crippen LogP contribution in [0.4, 0.5) is 0 Å². The number of rotatable bonds is 7. The molecule has 1 heterocycles. The zero-order valence-electron chi connectivity index (χ0n) is 12.1. The Morgan fingerprint density at radius 2 is 2.15 bits per heavy atom. The summed E-state index contributed by atoms with van der Waals surface area (Å²) in [6.45, 7) is 7.59. The molecule has 0 radical (unpaired) electrons. The van der Waals surface area contributed by atoms with Crippen LogP contribution in [0, 0.1) is 5.92 Å². The van der Waals surface area contributed by atoms with Crippen LogP contribution in [0.5, 0.6) is 0 Å².